The zero-order valence-corrected chi connectivity index (χ0v) is 13.0. The first kappa shape index (κ1) is 15.9. The first-order chi connectivity index (χ1) is 9.85. The van der Waals surface area contributed by atoms with Gasteiger partial charge >= 0.3 is 5.97 Å². The number of sulfonamides is 1. The molecule has 21 heavy (non-hydrogen) atoms. The minimum Gasteiger partial charge on any atom is -0.481 e. The Balaban J connectivity index is 2.09. The van der Waals surface area contributed by atoms with E-state index in [2.05, 4.69) is 10.0 Å². The Kier molecular flexibility index (Phi) is 4.64. The van der Waals surface area contributed by atoms with E-state index >= 15 is 0 Å². The Labute approximate surface area is 126 Å². The van der Waals surface area contributed by atoms with Gasteiger partial charge in [0, 0.05) is 11.4 Å². The van der Waals surface area contributed by atoms with Crippen molar-refractivity contribution in [3.8, 4) is 0 Å². The minimum absolute atomic E-state index is 0.0290. The summed E-state index contributed by atoms with van der Waals surface area (Å²) in [6, 6.07) is 0.887. The third-order valence-corrected chi connectivity index (χ3v) is 6.00. The van der Waals surface area contributed by atoms with E-state index in [1.165, 1.54) is 18.5 Å². The average molecular weight is 332 g/mol. The second-order valence-corrected chi connectivity index (χ2v) is 7.61. The van der Waals surface area contributed by atoms with Crippen molar-refractivity contribution in [2.24, 2.45) is 5.92 Å². The highest BCUT2D eigenvalue weighted by Crippen LogP contribution is 2.27. The van der Waals surface area contributed by atoms with Gasteiger partial charge in [-0.2, -0.15) is 0 Å². The largest absolute Gasteiger partial charge is 0.481 e. The van der Waals surface area contributed by atoms with Gasteiger partial charge in [0.05, 0.1) is 15.7 Å². The molecule has 0 saturated heterocycles. The van der Waals surface area contributed by atoms with E-state index in [0.29, 0.717) is 12.8 Å². The third kappa shape index (κ3) is 3.42. The molecule has 1 aliphatic rings. The molecule has 1 aromatic rings. The maximum Gasteiger partial charge on any atom is 0.308 e. The lowest BCUT2D eigenvalue weighted by atomic mass is 10.0. The van der Waals surface area contributed by atoms with Gasteiger partial charge in [0.2, 0.25) is 10.0 Å². The summed E-state index contributed by atoms with van der Waals surface area (Å²) >= 11 is 1.01. The normalized spacial score (nSPS) is 22.1. The molecule has 2 rings (SSSR count). The summed E-state index contributed by atoms with van der Waals surface area (Å²) in [5, 5.41) is 13.1. The van der Waals surface area contributed by atoms with Crippen LogP contribution in [0.2, 0.25) is 0 Å². The molecule has 0 aromatic carbocycles. The summed E-state index contributed by atoms with van der Waals surface area (Å²) in [6.45, 7) is 0. The Morgan fingerprint density at radius 2 is 2.10 bits per heavy atom. The number of carbonyl (C=O) groups is 2. The number of aliphatic carboxylic acids is 1. The molecule has 9 heteroatoms. The van der Waals surface area contributed by atoms with E-state index in [9.17, 15) is 18.0 Å². The Bertz CT molecular complexity index is 652. The number of carboxylic acid groups (broad SMARTS) is 1. The van der Waals surface area contributed by atoms with Gasteiger partial charge in [0.15, 0.2) is 0 Å². The van der Waals surface area contributed by atoms with E-state index < -0.39 is 33.9 Å². The van der Waals surface area contributed by atoms with Crippen LogP contribution in [0.25, 0.3) is 0 Å². The summed E-state index contributed by atoms with van der Waals surface area (Å²) in [7, 11) is -2.28. The van der Waals surface area contributed by atoms with Crippen LogP contribution in [0.1, 0.15) is 28.9 Å². The van der Waals surface area contributed by atoms with Gasteiger partial charge in [-0.1, -0.05) is 6.42 Å². The van der Waals surface area contributed by atoms with Crippen LogP contribution in [0.15, 0.2) is 16.3 Å². The maximum atomic E-state index is 12.1. The van der Waals surface area contributed by atoms with Gasteiger partial charge in [-0.3, -0.25) is 9.59 Å². The topological polar surface area (TPSA) is 113 Å². The van der Waals surface area contributed by atoms with E-state index in [4.69, 9.17) is 5.11 Å². The summed E-state index contributed by atoms with van der Waals surface area (Å²) in [5.74, 6) is -1.92. The highest BCUT2D eigenvalue weighted by Gasteiger charge is 2.34. The molecular weight excluding hydrogens is 316 g/mol. The molecule has 2 atom stereocenters. The SMILES string of the molecule is CNS(=O)(=O)c1csc(C(=O)N[C@@H]2CCC[C@@H]2C(=O)O)c1. The molecule has 0 unspecified atom stereocenters. The van der Waals surface area contributed by atoms with E-state index in [-0.39, 0.29) is 9.77 Å². The Morgan fingerprint density at radius 3 is 2.71 bits per heavy atom. The fraction of sp³-hybridized carbons (Fsp3) is 0.500. The van der Waals surface area contributed by atoms with E-state index in [1.54, 1.807) is 0 Å². The molecule has 1 aliphatic carbocycles. The zero-order valence-electron chi connectivity index (χ0n) is 11.3. The van der Waals surface area contributed by atoms with Crippen molar-refractivity contribution in [2.75, 3.05) is 7.05 Å². The molecule has 0 bridgehead atoms. The predicted molar refractivity (Wildman–Crippen MR) is 76.8 cm³/mol. The van der Waals surface area contributed by atoms with Gasteiger partial charge in [0.1, 0.15) is 0 Å². The number of hydrogen-bond donors (Lipinski definition) is 3. The number of carboxylic acids is 1. The molecule has 0 radical (unpaired) electrons. The molecule has 1 saturated carbocycles. The van der Waals surface area contributed by atoms with Crippen molar-refractivity contribution in [1.82, 2.24) is 10.0 Å². The quantitative estimate of drug-likeness (QED) is 0.732. The average Bonchev–Trinajstić information content (AvgIpc) is 3.07. The number of nitrogens with one attached hydrogen (secondary N) is 2. The third-order valence-electron chi connectivity index (χ3n) is 3.53. The lowest BCUT2D eigenvalue weighted by Gasteiger charge is -2.16. The smallest absolute Gasteiger partial charge is 0.308 e. The standard InChI is InChI=1S/C12H16N2O5S2/c1-13-21(18,19)7-5-10(20-6-7)11(15)14-9-4-2-3-8(9)12(16)17/h5-6,8-9,13H,2-4H2,1H3,(H,14,15)(H,16,17)/t8-,9+/m0/s1. The van der Waals surface area contributed by atoms with Crippen LogP contribution < -0.4 is 10.0 Å². The fourth-order valence-electron chi connectivity index (χ4n) is 2.36. The molecule has 3 N–H and O–H groups in total. The lowest BCUT2D eigenvalue weighted by Crippen LogP contribution is -2.39. The number of carbonyl (C=O) groups excluding carboxylic acids is 1. The summed E-state index contributed by atoms with van der Waals surface area (Å²) in [5.41, 5.74) is 0. The van der Waals surface area contributed by atoms with Crippen LogP contribution in [0.4, 0.5) is 0 Å². The van der Waals surface area contributed by atoms with Crippen molar-refractivity contribution >= 4 is 33.2 Å². The second-order valence-electron chi connectivity index (χ2n) is 4.81. The van der Waals surface area contributed by atoms with E-state index in [1.807, 2.05) is 0 Å². The first-order valence-corrected chi connectivity index (χ1v) is 8.77. The predicted octanol–water partition coefficient (Wildman–Crippen LogP) is 0.639. The van der Waals surface area contributed by atoms with Gasteiger partial charge in [-0.15, -0.1) is 11.3 Å². The zero-order chi connectivity index (χ0) is 15.6. The molecule has 1 heterocycles. The van der Waals surface area contributed by atoms with Crippen LogP contribution in [0.5, 0.6) is 0 Å². The van der Waals surface area contributed by atoms with Crippen molar-refractivity contribution in [3.63, 3.8) is 0 Å². The number of thiophene rings is 1. The van der Waals surface area contributed by atoms with Crippen LogP contribution in [-0.2, 0) is 14.8 Å². The highest BCUT2D eigenvalue weighted by molar-refractivity contribution is 7.89. The molecular formula is C12H16N2O5S2. The first-order valence-electron chi connectivity index (χ1n) is 6.41. The van der Waals surface area contributed by atoms with Crippen LogP contribution in [-0.4, -0.2) is 38.5 Å². The number of hydrogen-bond acceptors (Lipinski definition) is 5. The van der Waals surface area contributed by atoms with Crippen molar-refractivity contribution in [3.05, 3.63) is 16.3 Å². The molecule has 0 aliphatic heterocycles. The van der Waals surface area contributed by atoms with Crippen molar-refractivity contribution in [1.29, 1.82) is 0 Å². The van der Waals surface area contributed by atoms with Gasteiger partial charge in [0.25, 0.3) is 5.91 Å². The number of rotatable bonds is 5. The van der Waals surface area contributed by atoms with Crippen LogP contribution in [0, 0.1) is 5.92 Å². The van der Waals surface area contributed by atoms with Crippen LogP contribution >= 0.6 is 11.3 Å². The maximum absolute atomic E-state index is 12.1. The molecule has 0 spiro atoms. The Hall–Kier alpha value is -1.45. The molecule has 116 valence electrons. The van der Waals surface area contributed by atoms with Crippen molar-refractivity contribution < 1.29 is 23.1 Å². The fourth-order valence-corrected chi connectivity index (χ4v) is 4.27. The summed E-state index contributed by atoms with van der Waals surface area (Å²) < 4.78 is 25.4. The molecule has 7 nitrogen and oxygen atoms in total. The second kappa shape index (κ2) is 6.12. The summed E-state index contributed by atoms with van der Waals surface area (Å²) in [6.07, 6.45) is 1.92. The van der Waals surface area contributed by atoms with Gasteiger partial charge in [-0.25, -0.2) is 13.1 Å². The van der Waals surface area contributed by atoms with Crippen molar-refractivity contribution in [2.45, 2.75) is 30.2 Å². The number of amides is 1. The van der Waals surface area contributed by atoms with Crippen LogP contribution in [0.3, 0.4) is 0 Å². The van der Waals surface area contributed by atoms with Gasteiger partial charge in [-0.05, 0) is 26.0 Å². The molecule has 1 amide bonds. The monoisotopic (exact) mass is 332 g/mol. The Morgan fingerprint density at radius 1 is 1.38 bits per heavy atom. The van der Waals surface area contributed by atoms with Gasteiger partial charge < -0.3 is 10.4 Å². The summed E-state index contributed by atoms with van der Waals surface area (Å²) in [4.78, 5) is 23.4. The van der Waals surface area contributed by atoms with E-state index in [0.717, 1.165) is 17.8 Å². The highest BCUT2D eigenvalue weighted by atomic mass is 32.2. The molecule has 1 fully saturated rings. The minimum atomic E-state index is -3.58. The molecule has 1 aromatic heterocycles. The lowest BCUT2D eigenvalue weighted by molar-refractivity contribution is -0.142.